The molecule has 0 spiro atoms. The van der Waals surface area contributed by atoms with Crippen molar-refractivity contribution in [3.05, 3.63) is 97.7 Å². The standard InChI is InChI=1S/C26H22INO4/c1-16-8-10-19(11-9-16)25-28-22(26(29)32-25)13-18-12-21(27)24(23(14-18)30-3)31-15-20-7-5-4-6-17(20)2/h4-14H,15H2,1-3H3/b22-13-. The van der Waals surface area contributed by atoms with Crippen LogP contribution in [0, 0.1) is 17.4 Å². The number of rotatable bonds is 6. The number of methoxy groups -OCH3 is 1. The molecule has 0 fully saturated rings. The van der Waals surface area contributed by atoms with E-state index >= 15 is 0 Å². The number of esters is 1. The van der Waals surface area contributed by atoms with Gasteiger partial charge >= 0.3 is 5.97 Å². The van der Waals surface area contributed by atoms with Crippen LogP contribution in [0.3, 0.4) is 0 Å². The first kappa shape index (κ1) is 22.1. The molecule has 3 aromatic carbocycles. The van der Waals surface area contributed by atoms with E-state index in [1.807, 2.05) is 61.5 Å². The summed E-state index contributed by atoms with van der Waals surface area (Å²) in [5.41, 5.74) is 5.19. The van der Waals surface area contributed by atoms with Gasteiger partial charge in [-0.15, -0.1) is 0 Å². The Hall–Kier alpha value is -3.13. The lowest BCUT2D eigenvalue weighted by Crippen LogP contribution is -2.05. The molecule has 0 atom stereocenters. The molecule has 0 unspecified atom stereocenters. The van der Waals surface area contributed by atoms with Gasteiger partial charge in [-0.2, -0.15) is 0 Å². The molecule has 3 aromatic rings. The van der Waals surface area contributed by atoms with Crippen molar-refractivity contribution in [2.75, 3.05) is 7.11 Å². The van der Waals surface area contributed by atoms with Crippen LogP contribution >= 0.6 is 22.6 Å². The van der Waals surface area contributed by atoms with Gasteiger partial charge in [0.2, 0.25) is 5.90 Å². The number of ether oxygens (including phenoxy) is 3. The van der Waals surface area contributed by atoms with Crippen molar-refractivity contribution in [1.29, 1.82) is 0 Å². The highest BCUT2D eigenvalue weighted by Crippen LogP contribution is 2.35. The van der Waals surface area contributed by atoms with Crippen LogP contribution in [0.5, 0.6) is 11.5 Å². The third-order valence-corrected chi connectivity index (χ3v) is 5.91. The SMILES string of the molecule is COc1cc(/C=C2\N=C(c3ccc(C)cc3)OC2=O)cc(I)c1OCc1ccccc1C. The van der Waals surface area contributed by atoms with Crippen molar-refractivity contribution in [1.82, 2.24) is 0 Å². The zero-order chi connectivity index (χ0) is 22.7. The number of nitrogens with zero attached hydrogens (tertiary/aromatic N) is 1. The van der Waals surface area contributed by atoms with Gasteiger partial charge in [0.1, 0.15) is 6.61 Å². The summed E-state index contributed by atoms with van der Waals surface area (Å²) in [5, 5.41) is 0. The number of halogens is 1. The van der Waals surface area contributed by atoms with E-state index < -0.39 is 5.97 Å². The lowest BCUT2D eigenvalue weighted by Gasteiger charge is -2.14. The lowest BCUT2D eigenvalue weighted by molar-refractivity contribution is -0.129. The molecular formula is C26H22INO4. The fourth-order valence-electron chi connectivity index (χ4n) is 3.27. The highest BCUT2D eigenvalue weighted by atomic mass is 127. The molecule has 0 radical (unpaired) electrons. The molecule has 4 rings (SSSR count). The number of hydrogen-bond acceptors (Lipinski definition) is 5. The third kappa shape index (κ3) is 4.85. The predicted octanol–water partition coefficient (Wildman–Crippen LogP) is 5.84. The molecule has 0 saturated heterocycles. The predicted molar refractivity (Wildman–Crippen MR) is 133 cm³/mol. The smallest absolute Gasteiger partial charge is 0.363 e. The molecule has 1 aliphatic heterocycles. The summed E-state index contributed by atoms with van der Waals surface area (Å²) in [7, 11) is 1.60. The average molecular weight is 539 g/mol. The number of aliphatic imine (C=N–C) groups is 1. The Kier molecular flexibility index (Phi) is 6.60. The summed E-state index contributed by atoms with van der Waals surface area (Å²) in [6, 6.07) is 19.5. The second kappa shape index (κ2) is 9.56. The fraction of sp³-hybridized carbons (Fsp3) is 0.154. The van der Waals surface area contributed by atoms with Crippen LogP contribution in [-0.2, 0) is 16.1 Å². The summed E-state index contributed by atoms with van der Waals surface area (Å²) in [4.78, 5) is 16.8. The number of benzene rings is 3. The van der Waals surface area contributed by atoms with Crippen molar-refractivity contribution < 1.29 is 19.0 Å². The quantitative estimate of drug-likeness (QED) is 0.225. The maximum atomic E-state index is 12.4. The van der Waals surface area contributed by atoms with Crippen molar-refractivity contribution in [2.24, 2.45) is 4.99 Å². The Morgan fingerprint density at radius 3 is 2.53 bits per heavy atom. The number of carbonyl (C=O) groups is 1. The summed E-state index contributed by atoms with van der Waals surface area (Å²) in [5.74, 6) is 1.08. The van der Waals surface area contributed by atoms with Crippen LogP contribution in [0.4, 0.5) is 0 Å². The molecule has 5 nitrogen and oxygen atoms in total. The zero-order valence-electron chi connectivity index (χ0n) is 18.0. The highest BCUT2D eigenvalue weighted by molar-refractivity contribution is 14.1. The highest BCUT2D eigenvalue weighted by Gasteiger charge is 2.24. The van der Waals surface area contributed by atoms with Crippen molar-refractivity contribution >= 4 is 40.5 Å². The Bertz CT molecular complexity index is 1230. The zero-order valence-corrected chi connectivity index (χ0v) is 20.2. The second-order valence-electron chi connectivity index (χ2n) is 7.45. The van der Waals surface area contributed by atoms with Gasteiger partial charge in [-0.25, -0.2) is 9.79 Å². The Morgan fingerprint density at radius 2 is 1.81 bits per heavy atom. The molecule has 0 aromatic heterocycles. The summed E-state index contributed by atoms with van der Waals surface area (Å²) < 4.78 is 17.9. The molecule has 0 N–H and O–H groups in total. The normalized spacial score (nSPS) is 14.3. The maximum Gasteiger partial charge on any atom is 0.363 e. The van der Waals surface area contributed by atoms with Crippen molar-refractivity contribution in [3.63, 3.8) is 0 Å². The first-order valence-corrected chi connectivity index (χ1v) is 11.2. The van der Waals surface area contributed by atoms with Crippen LogP contribution in [-0.4, -0.2) is 19.0 Å². The molecule has 6 heteroatoms. The fourth-order valence-corrected chi connectivity index (χ4v) is 4.05. The van der Waals surface area contributed by atoms with E-state index in [2.05, 4.69) is 40.6 Å². The van der Waals surface area contributed by atoms with E-state index in [-0.39, 0.29) is 5.70 Å². The van der Waals surface area contributed by atoms with E-state index in [1.54, 1.807) is 13.2 Å². The van der Waals surface area contributed by atoms with E-state index in [9.17, 15) is 4.79 Å². The molecular weight excluding hydrogens is 517 g/mol. The molecule has 0 saturated carbocycles. The number of cyclic esters (lactones) is 1. The third-order valence-electron chi connectivity index (χ3n) is 5.11. The minimum Gasteiger partial charge on any atom is -0.493 e. The van der Waals surface area contributed by atoms with E-state index in [0.29, 0.717) is 24.0 Å². The van der Waals surface area contributed by atoms with E-state index in [1.165, 1.54) is 5.56 Å². The van der Waals surface area contributed by atoms with Gasteiger partial charge in [0.15, 0.2) is 17.2 Å². The minimum atomic E-state index is -0.477. The van der Waals surface area contributed by atoms with Gasteiger partial charge in [-0.1, -0.05) is 42.0 Å². The van der Waals surface area contributed by atoms with E-state index in [0.717, 1.165) is 25.8 Å². The monoisotopic (exact) mass is 539 g/mol. The van der Waals surface area contributed by atoms with Crippen LogP contribution in [0.15, 0.2) is 71.4 Å². The summed E-state index contributed by atoms with van der Waals surface area (Å²) in [6.45, 7) is 4.50. The summed E-state index contributed by atoms with van der Waals surface area (Å²) in [6.07, 6.45) is 1.69. The van der Waals surface area contributed by atoms with Crippen molar-refractivity contribution in [3.8, 4) is 11.5 Å². The van der Waals surface area contributed by atoms with Crippen LogP contribution < -0.4 is 9.47 Å². The Labute approximate surface area is 200 Å². The molecule has 32 heavy (non-hydrogen) atoms. The van der Waals surface area contributed by atoms with Crippen LogP contribution in [0.2, 0.25) is 0 Å². The minimum absolute atomic E-state index is 0.243. The molecule has 1 aliphatic rings. The lowest BCUT2D eigenvalue weighted by atomic mass is 10.1. The number of hydrogen-bond donors (Lipinski definition) is 0. The molecule has 0 bridgehead atoms. The summed E-state index contributed by atoms with van der Waals surface area (Å²) >= 11 is 2.21. The largest absolute Gasteiger partial charge is 0.493 e. The van der Waals surface area contributed by atoms with Gasteiger partial charge in [0.05, 0.1) is 10.7 Å². The first-order valence-electron chi connectivity index (χ1n) is 10.1. The van der Waals surface area contributed by atoms with E-state index in [4.69, 9.17) is 14.2 Å². The van der Waals surface area contributed by atoms with Crippen molar-refractivity contribution in [2.45, 2.75) is 20.5 Å². The Morgan fingerprint density at radius 1 is 1.06 bits per heavy atom. The molecule has 0 amide bonds. The van der Waals surface area contributed by atoms with Gasteiger partial charge in [-0.3, -0.25) is 0 Å². The van der Waals surface area contributed by atoms with Gasteiger partial charge < -0.3 is 14.2 Å². The first-order chi connectivity index (χ1) is 15.4. The number of aryl methyl sites for hydroxylation is 2. The average Bonchev–Trinajstić information content (AvgIpc) is 3.14. The second-order valence-corrected chi connectivity index (χ2v) is 8.61. The van der Waals surface area contributed by atoms with Crippen LogP contribution in [0.25, 0.3) is 6.08 Å². The van der Waals surface area contributed by atoms with Crippen LogP contribution in [0.1, 0.15) is 27.8 Å². The maximum absolute atomic E-state index is 12.4. The number of carbonyl (C=O) groups excluding carboxylic acids is 1. The Balaban J connectivity index is 1.59. The van der Waals surface area contributed by atoms with Gasteiger partial charge in [0, 0.05) is 5.56 Å². The van der Waals surface area contributed by atoms with Gasteiger partial charge in [-0.05, 0) is 83.5 Å². The molecule has 1 heterocycles. The topological polar surface area (TPSA) is 57.1 Å². The molecule has 0 aliphatic carbocycles. The molecule has 162 valence electrons. The van der Waals surface area contributed by atoms with Gasteiger partial charge in [0.25, 0.3) is 0 Å².